The lowest BCUT2D eigenvalue weighted by Gasteiger charge is -2.32. The predicted octanol–water partition coefficient (Wildman–Crippen LogP) is 11.2. The van der Waals surface area contributed by atoms with E-state index >= 15 is 0 Å². The minimum atomic E-state index is -0.531. The van der Waals surface area contributed by atoms with Crippen molar-refractivity contribution in [1.82, 2.24) is 15.0 Å². The molecule has 254 valence electrons. The standard InChI is InChI=1S/C49H43N3/c1-46(2,32-19-9-7-10-20-32)43-50-44(47(3,4)33-21-11-8-12-22-33)52-45(51-43)48(5,6)34-29-30-42-38(31-34)37-25-15-18-28-41(37)49(42)39-26-16-13-23-35(39)36-24-14-17-27-40(36)49/h7-31H,1-6H3. The highest BCUT2D eigenvalue weighted by atomic mass is 15.1. The predicted molar refractivity (Wildman–Crippen MR) is 212 cm³/mol. The molecule has 0 bridgehead atoms. The summed E-state index contributed by atoms with van der Waals surface area (Å²) >= 11 is 0. The molecule has 0 amide bonds. The van der Waals surface area contributed by atoms with Gasteiger partial charge in [0.05, 0.1) is 5.41 Å². The van der Waals surface area contributed by atoms with Crippen LogP contribution in [0, 0.1) is 0 Å². The van der Waals surface area contributed by atoms with Crippen LogP contribution in [0.1, 0.15) is 98.0 Å². The molecule has 1 heterocycles. The third-order valence-corrected chi connectivity index (χ3v) is 12.0. The first-order valence-electron chi connectivity index (χ1n) is 18.4. The smallest absolute Gasteiger partial charge is 0.142 e. The van der Waals surface area contributed by atoms with E-state index in [2.05, 4.69) is 193 Å². The second-order valence-corrected chi connectivity index (χ2v) is 16.1. The Labute approximate surface area is 307 Å². The van der Waals surface area contributed by atoms with Gasteiger partial charge in [-0.1, -0.05) is 146 Å². The highest BCUT2D eigenvalue weighted by molar-refractivity contribution is 5.95. The molecule has 2 aliphatic rings. The second kappa shape index (κ2) is 11.4. The van der Waals surface area contributed by atoms with E-state index in [0.717, 1.165) is 17.5 Å². The largest absolute Gasteiger partial charge is 0.216 e. The third kappa shape index (κ3) is 4.48. The summed E-state index contributed by atoms with van der Waals surface area (Å²) in [5.74, 6) is 2.33. The van der Waals surface area contributed by atoms with Crippen LogP contribution in [0.15, 0.2) is 152 Å². The summed E-state index contributed by atoms with van der Waals surface area (Å²) in [4.78, 5) is 16.1. The molecule has 0 atom stereocenters. The van der Waals surface area contributed by atoms with Crippen LogP contribution < -0.4 is 0 Å². The van der Waals surface area contributed by atoms with Gasteiger partial charge in [0, 0.05) is 16.2 Å². The number of hydrogen-bond acceptors (Lipinski definition) is 3. The zero-order valence-electron chi connectivity index (χ0n) is 30.8. The Bertz CT molecular complexity index is 2380. The Morgan fingerprint density at radius 1 is 0.327 bits per heavy atom. The summed E-state index contributed by atoms with van der Waals surface area (Å²) in [7, 11) is 0. The Morgan fingerprint density at radius 2 is 0.654 bits per heavy atom. The van der Waals surface area contributed by atoms with Crippen LogP contribution in [0.5, 0.6) is 0 Å². The van der Waals surface area contributed by atoms with Gasteiger partial charge in [0.1, 0.15) is 17.5 Å². The Morgan fingerprint density at radius 3 is 1.08 bits per heavy atom. The molecule has 0 radical (unpaired) electrons. The summed E-state index contributed by atoms with van der Waals surface area (Å²) in [6.07, 6.45) is 0. The molecule has 1 aromatic heterocycles. The summed E-state index contributed by atoms with van der Waals surface area (Å²) in [5.41, 5.74) is 12.3. The van der Waals surface area contributed by atoms with E-state index in [1.807, 2.05) is 0 Å². The Hall–Kier alpha value is -5.67. The third-order valence-electron chi connectivity index (χ3n) is 12.0. The van der Waals surface area contributed by atoms with Gasteiger partial charge in [0.25, 0.3) is 0 Å². The molecule has 0 saturated carbocycles. The quantitative estimate of drug-likeness (QED) is 0.176. The maximum atomic E-state index is 5.38. The maximum Gasteiger partial charge on any atom is 0.142 e. The summed E-state index contributed by atoms with van der Waals surface area (Å²) in [5, 5.41) is 0. The van der Waals surface area contributed by atoms with Crippen LogP contribution >= 0.6 is 0 Å². The highest BCUT2D eigenvalue weighted by Crippen LogP contribution is 2.63. The SMILES string of the molecule is CC(C)(c1ccccc1)c1nc(C(C)(C)c2ccccc2)nc(C(C)(C)c2ccc3c(c2)-c2ccccc2C32c3ccccc3-c3ccccc32)n1. The fourth-order valence-electron chi connectivity index (χ4n) is 8.80. The van der Waals surface area contributed by atoms with Gasteiger partial charge >= 0.3 is 0 Å². The number of rotatable bonds is 6. The molecule has 0 unspecified atom stereocenters. The number of hydrogen-bond donors (Lipinski definition) is 0. The normalized spacial score (nSPS) is 14.1. The van der Waals surface area contributed by atoms with Gasteiger partial charge in [0.15, 0.2) is 0 Å². The summed E-state index contributed by atoms with van der Waals surface area (Å²) < 4.78 is 0. The van der Waals surface area contributed by atoms with Gasteiger partial charge in [-0.15, -0.1) is 0 Å². The van der Waals surface area contributed by atoms with Gasteiger partial charge < -0.3 is 0 Å². The van der Waals surface area contributed by atoms with Crippen LogP contribution in [0.3, 0.4) is 0 Å². The van der Waals surface area contributed by atoms with Gasteiger partial charge in [-0.05, 0) is 109 Å². The van der Waals surface area contributed by atoms with Crippen LogP contribution in [0.2, 0.25) is 0 Å². The van der Waals surface area contributed by atoms with Crippen LogP contribution in [-0.4, -0.2) is 15.0 Å². The molecule has 6 aromatic carbocycles. The van der Waals surface area contributed by atoms with E-state index in [0.29, 0.717) is 0 Å². The molecular weight excluding hydrogens is 631 g/mol. The van der Waals surface area contributed by atoms with E-state index in [4.69, 9.17) is 15.0 Å². The van der Waals surface area contributed by atoms with E-state index in [1.54, 1.807) is 0 Å². The van der Waals surface area contributed by atoms with Crippen molar-refractivity contribution in [1.29, 1.82) is 0 Å². The lowest BCUT2D eigenvalue weighted by molar-refractivity contribution is 0.495. The van der Waals surface area contributed by atoms with Crippen molar-refractivity contribution < 1.29 is 0 Å². The molecule has 7 aromatic rings. The monoisotopic (exact) mass is 673 g/mol. The number of fused-ring (bicyclic) bond motifs is 10. The zero-order chi connectivity index (χ0) is 35.9. The average Bonchev–Trinajstić information content (AvgIpc) is 3.65. The van der Waals surface area contributed by atoms with Crippen molar-refractivity contribution >= 4 is 0 Å². The molecular formula is C49H43N3. The Kier molecular flexibility index (Phi) is 7.08. The van der Waals surface area contributed by atoms with E-state index < -0.39 is 16.2 Å². The zero-order valence-corrected chi connectivity index (χ0v) is 30.8. The molecule has 0 N–H and O–H groups in total. The van der Waals surface area contributed by atoms with Crippen molar-refractivity contribution in [2.45, 2.75) is 63.2 Å². The molecule has 52 heavy (non-hydrogen) atoms. The first-order valence-corrected chi connectivity index (χ1v) is 18.4. The van der Waals surface area contributed by atoms with Gasteiger partial charge in [-0.2, -0.15) is 0 Å². The van der Waals surface area contributed by atoms with Crippen molar-refractivity contribution in [2.24, 2.45) is 0 Å². The number of nitrogens with zero attached hydrogens (tertiary/aromatic N) is 3. The van der Waals surface area contributed by atoms with Gasteiger partial charge in [-0.3, -0.25) is 0 Å². The summed E-state index contributed by atoms with van der Waals surface area (Å²) in [6, 6.07) is 55.2. The van der Waals surface area contributed by atoms with E-state index in [-0.39, 0.29) is 5.41 Å². The fraction of sp³-hybridized carbons (Fsp3) is 0.204. The second-order valence-electron chi connectivity index (χ2n) is 16.1. The average molecular weight is 674 g/mol. The molecule has 1 spiro atoms. The van der Waals surface area contributed by atoms with E-state index in [9.17, 15) is 0 Å². The molecule has 2 aliphatic carbocycles. The number of aromatic nitrogens is 3. The Balaban J connectivity index is 1.25. The molecule has 0 aliphatic heterocycles. The van der Waals surface area contributed by atoms with Crippen LogP contribution in [0.25, 0.3) is 22.3 Å². The maximum absolute atomic E-state index is 5.38. The minimum Gasteiger partial charge on any atom is -0.216 e. The number of benzene rings is 6. The van der Waals surface area contributed by atoms with Crippen molar-refractivity contribution in [2.75, 3.05) is 0 Å². The van der Waals surface area contributed by atoms with Crippen LogP contribution in [0.4, 0.5) is 0 Å². The van der Waals surface area contributed by atoms with Crippen LogP contribution in [-0.2, 0) is 21.7 Å². The molecule has 0 saturated heterocycles. The molecule has 3 heteroatoms. The van der Waals surface area contributed by atoms with Crippen molar-refractivity contribution in [3.63, 3.8) is 0 Å². The highest BCUT2D eigenvalue weighted by Gasteiger charge is 2.51. The molecule has 9 rings (SSSR count). The topological polar surface area (TPSA) is 38.7 Å². The first kappa shape index (κ1) is 32.3. The molecule has 3 nitrogen and oxygen atoms in total. The van der Waals surface area contributed by atoms with Crippen molar-refractivity contribution in [3.05, 3.63) is 208 Å². The summed E-state index contributed by atoms with van der Waals surface area (Å²) in [6.45, 7) is 13.4. The minimum absolute atomic E-state index is 0.366. The fourth-order valence-corrected chi connectivity index (χ4v) is 8.80. The van der Waals surface area contributed by atoms with E-state index in [1.165, 1.54) is 61.2 Å². The van der Waals surface area contributed by atoms with Gasteiger partial charge in [-0.25, -0.2) is 15.0 Å². The van der Waals surface area contributed by atoms with Gasteiger partial charge in [0.2, 0.25) is 0 Å². The lowest BCUT2D eigenvalue weighted by atomic mass is 9.70. The van der Waals surface area contributed by atoms with Crippen molar-refractivity contribution in [3.8, 4) is 22.3 Å². The lowest BCUT2D eigenvalue weighted by Crippen LogP contribution is -2.33. The first-order chi connectivity index (χ1) is 25.1. The molecule has 0 fully saturated rings.